The molecule has 3 heterocycles. The van der Waals surface area contributed by atoms with Crippen LogP contribution in [0.1, 0.15) is 57.4 Å². The fourth-order valence-corrected chi connectivity index (χ4v) is 4.13. The van der Waals surface area contributed by atoms with E-state index >= 15 is 0 Å². The summed E-state index contributed by atoms with van der Waals surface area (Å²) in [5.41, 5.74) is 1.33. The second kappa shape index (κ2) is 10.9. The summed E-state index contributed by atoms with van der Waals surface area (Å²) in [7, 11) is 0. The highest BCUT2D eigenvalue weighted by atomic mass is 16.6. The molecule has 0 saturated carbocycles. The minimum absolute atomic E-state index is 0.121. The zero-order valence-electron chi connectivity index (χ0n) is 21.0. The van der Waals surface area contributed by atoms with Crippen LogP contribution in [0.4, 0.5) is 0 Å². The molecule has 1 fully saturated rings. The lowest BCUT2D eigenvalue weighted by atomic mass is 10.0. The van der Waals surface area contributed by atoms with Crippen molar-refractivity contribution in [2.24, 2.45) is 0 Å². The maximum atomic E-state index is 12.6. The quantitative estimate of drug-likeness (QED) is 0.447. The molecule has 2 aromatic heterocycles. The Morgan fingerprint density at radius 3 is 2.51 bits per heavy atom. The molecule has 3 aromatic rings. The van der Waals surface area contributed by atoms with Crippen molar-refractivity contribution in [2.75, 3.05) is 6.61 Å². The monoisotopic (exact) mass is 511 g/mol. The van der Waals surface area contributed by atoms with E-state index in [1.807, 2.05) is 12.1 Å². The van der Waals surface area contributed by atoms with Gasteiger partial charge in [-0.15, -0.1) is 5.10 Å². The van der Waals surface area contributed by atoms with Gasteiger partial charge < -0.3 is 14.2 Å². The van der Waals surface area contributed by atoms with Crippen molar-refractivity contribution in [3.63, 3.8) is 0 Å². The smallest absolute Gasteiger partial charge is 0.330 e. The molecular formula is C25H29N5O7. The summed E-state index contributed by atoms with van der Waals surface area (Å²) in [4.78, 5) is 50.3. The molecule has 1 aromatic carbocycles. The fourth-order valence-electron chi connectivity index (χ4n) is 4.13. The number of rotatable bonds is 8. The summed E-state index contributed by atoms with van der Waals surface area (Å²) in [6, 6.07) is 8.18. The van der Waals surface area contributed by atoms with Gasteiger partial charge in [0, 0.05) is 26.5 Å². The minimum Gasteiger partial charge on any atom is -0.463 e. The zero-order valence-corrected chi connectivity index (χ0v) is 21.0. The van der Waals surface area contributed by atoms with Crippen LogP contribution in [0.3, 0.4) is 0 Å². The molecule has 0 amide bonds. The zero-order chi connectivity index (χ0) is 26.7. The Balaban J connectivity index is 1.56. The van der Waals surface area contributed by atoms with Gasteiger partial charge in [-0.25, -0.2) is 9.48 Å². The predicted octanol–water partition coefficient (Wildman–Crippen LogP) is 1.75. The van der Waals surface area contributed by atoms with E-state index < -0.39 is 41.6 Å². The van der Waals surface area contributed by atoms with Crippen molar-refractivity contribution in [2.45, 2.75) is 65.0 Å². The van der Waals surface area contributed by atoms with Gasteiger partial charge in [-0.05, 0) is 17.0 Å². The Morgan fingerprint density at radius 2 is 1.86 bits per heavy atom. The van der Waals surface area contributed by atoms with Crippen molar-refractivity contribution >= 4 is 11.9 Å². The van der Waals surface area contributed by atoms with Crippen LogP contribution in [-0.2, 0) is 30.3 Å². The molecule has 1 saturated heterocycles. The van der Waals surface area contributed by atoms with Crippen LogP contribution in [0.2, 0.25) is 0 Å². The highest BCUT2D eigenvalue weighted by Crippen LogP contribution is 2.31. The molecule has 0 aliphatic carbocycles. The summed E-state index contributed by atoms with van der Waals surface area (Å²) in [6.07, 6.45) is 0.695. The SMILES string of the molecule is CC(=O)OC[C@H]1O[C@@H](n2cc(-c3cn(Cc4ccc(C(C)C)cc4)nn3)c(=O)[nH]c2=O)C[C@@H]1OC(C)=O. The highest BCUT2D eigenvalue weighted by Gasteiger charge is 2.40. The summed E-state index contributed by atoms with van der Waals surface area (Å²) in [5, 5.41) is 8.24. The van der Waals surface area contributed by atoms with Crippen LogP contribution in [0.25, 0.3) is 11.3 Å². The van der Waals surface area contributed by atoms with Crippen LogP contribution >= 0.6 is 0 Å². The molecule has 1 aliphatic heterocycles. The van der Waals surface area contributed by atoms with Gasteiger partial charge >= 0.3 is 17.6 Å². The van der Waals surface area contributed by atoms with Crippen molar-refractivity contribution in [1.82, 2.24) is 24.5 Å². The average Bonchev–Trinajstić information content (AvgIpc) is 3.44. The second-order valence-electron chi connectivity index (χ2n) is 9.22. The maximum Gasteiger partial charge on any atom is 0.330 e. The van der Waals surface area contributed by atoms with E-state index in [-0.39, 0.29) is 24.3 Å². The van der Waals surface area contributed by atoms with E-state index in [9.17, 15) is 19.2 Å². The lowest BCUT2D eigenvalue weighted by molar-refractivity contribution is -0.155. The fraction of sp³-hybridized carbons (Fsp3) is 0.440. The normalized spacial score (nSPS) is 19.2. The Morgan fingerprint density at radius 1 is 1.14 bits per heavy atom. The van der Waals surface area contributed by atoms with Crippen LogP contribution < -0.4 is 11.2 Å². The highest BCUT2D eigenvalue weighted by molar-refractivity contribution is 5.66. The number of aromatic nitrogens is 5. The van der Waals surface area contributed by atoms with Gasteiger partial charge in [0.2, 0.25) is 0 Å². The van der Waals surface area contributed by atoms with Crippen molar-refractivity contribution in [1.29, 1.82) is 0 Å². The molecule has 0 unspecified atom stereocenters. The van der Waals surface area contributed by atoms with E-state index in [1.54, 1.807) is 10.9 Å². The van der Waals surface area contributed by atoms with E-state index in [0.29, 0.717) is 12.5 Å². The van der Waals surface area contributed by atoms with Crippen LogP contribution in [0.5, 0.6) is 0 Å². The molecule has 12 nitrogen and oxygen atoms in total. The second-order valence-corrected chi connectivity index (χ2v) is 9.22. The minimum atomic E-state index is -0.873. The number of aromatic amines is 1. The lowest BCUT2D eigenvalue weighted by Gasteiger charge is -2.17. The number of carbonyl (C=O) groups excluding carboxylic acids is 2. The summed E-state index contributed by atoms with van der Waals surface area (Å²) in [5.74, 6) is -0.623. The van der Waals surface area contributed by atoms with Crippen LogP contribution in [0, 0.1) is 0 Å². The van der Waals surface area contributed by atoms with E-state index in [1.165, 1.54) is 30.2 Å². The molecule has 3 atom stereocenters. The van der Waals surface area contributed by atoms with Gasteiger partial charge in [0.25, 0.3) is 5.56 Å². The van der Waals surface area contributed by atoms with E-state index in [4.69, 9.17) is 14.2 Å². The predicted molar refractivity (Wildman–Crippen MR) is 131 cm³/mol. The summed E-state index contributed by atoms with van der Waals surface area (Å²) >= 11 is 0. The number of H-pyrrole nitrogens is 1. The number of carbonyl (C=O) groups is 2. The van der Waals surface area contributed by atoms with Crippen molar-refractivity contribution in [3.05, 3.63) is 68.6 Å². The number of nitrogens with zero attached hydrogens (tertiary/aromatic N) is 4. The van der Waals surface area contributed by atoms with Gasteiger partial charge in [-0.2, -0.15) is 0 Å². The number of hydrogen-bond donors (Lipinski definition) is 1. The van der Waals surface area contributed by atoms with Gasteiger partial charge in [-0.3, -0.25) is 23.9 Å². The number of benzene rings is 1. The number of nitrogens with one attached hydrogen (secondary N) is 1. The van der Waals surface area contributed by atoms with Crippen molar-refractivity contribution < 1.29 is 23.8 Å². The molecule has 12 heteroatoms. The third kappa shape index (κ3) is 6.20. The van der Waals surface area contributed by atoms with Gasteiger partial charge in [0.1, 0.15) is 30.7 Å². The first-order valence-corrected chi connectivity index (χ1v) is 11.9. The molecule has 196 valence electrons. The molecule has 0 spiro atoms. The molecule has 1 N–H and O–H groups in total. The lowest BCUT2D eigenvalue weighted by Crippen LogP contribution is -2.33. The molecule has 37 heavy (non-hydrogen) atoms. The number of hydrogen-bond acceptors (Lipinski definition) is 9. The van der Waals surface area contributed by atoms with Gasteiger partial charge in [-0.1, -0.05) is 43.3 Å². The first-order chi connectivity index (χ1) is 17.6. The molecule has 0 radical (unpaired) electrons. The van der Waals surface area contributed by atoms with E-state index in [2.05, 4.69) is 41.3 Å². The van der Waals surface area contributed by atoms with Crippen LogP contribution in [0.15, 0.2) is 46.2 Å². The Kier molecular flexibility index (Phi) is 7.67. The molecule has 4 rings (SSSR count). The Hall–Kier alpha value is -4.06. The topological polar surface area (TPSA) is 147 Å². The third-order valence-corrected chi connectivity index (χ3v) is 6.03. The maximum absolute atomic E-state index is 12.6. The Bertz CT molecular complexity index is 1390. The van der Waals surface area contributed by atoms with Gasteiger partial charge in [0.15, 0.2) is 0 Å². The first-order valence-electron chi connectivity index (χ1n) is 11.9. The Labute approximate surface area is 212 Å². The molecular weight excluding hydrogens is 482 g/mol. The molecule has 0 bridgehead atoms. The third-order valence-electron chi connectivity index (χ3n) is 6.03. The van der Waals surface area contributed by atoms with Crippen LogP contribution in [-0.4, -0.2) is 55.3 Å². The largest absolute Gasteiger partial charge is 0.463 e. The number of ether oxygens (including phenoxy) is 3. The molecule has 1 aliphatic rings. The average molecular weight is 512 g/mol. The summed E-state index contributed by atoms with van der Waals surface area (Å²) in [6.45, 7) is 7.06. The van der Waals surface area contributed by atoms with E-state index in [0.717, 1.165) is 5.56 Å². The number of esters is 2. The standard InChI is InChI=1S/C25H29N5O7/c1-14(2)18-7-5-17(6-8-18)10-29-12-20(27-28-29)19-11-30(25(34)26-24(19)33)23-9-21(36-16(4)32)22(37-23)13-35-15(3)31/h5-8,11-12,14,21-23H,9-10,13H2,1-4H3,(H,26,33,34)/t21-,22+,23+/m0/s1. The first kappa shape index (κ1) is 26.0. The van der Waals surface area contributed by atoms with Gasteiger partial charge in [0.05, 0.1) is 18.3 Å². The van der Waals surface area contributed by atoms with Crippen molar-refractivity contribution in [3.8, 4) is 11.3 Å². The summed E-state index contributed by atoms with van der Waals surface area (Å²) < 4.78 is 19.0.